The van der Waals surface area contributed by atoms with Gasteiger partial charge in [0, 0.05) is 24.7 Å². The van der Waals surface area contributed by atoms with Crippen LogP contribution in [-0.2, 0) is 9.59 Å². The standard InChI is InChI=1S/C13H11N5O2/c19-12-8-4-18(5-9(8)13(20)17-12)11-7-1-2-14-3-10(7)15-6-16-11/h1-3,6,8-9H,4-5H2,(H,17,19,20). The van der Waals surface area contributed by atoms with Crippen molar-refractivity contribution in [3.8, 4) is 0 Å². The number of aromatic nitrogens is 3. The summed E-state index contributed by atoms with van der Waals surface area (Å²) in [6.07, 6.45) is 4.84. The Morgan fingerprint density at radius 2 is 1.90 bits per heavy atom. The number of nitrogens with one attached hydrogen (secondary N) is 1. The van der Waals surface area contributed by atoms with Crippen LogP contribution in [0.5, 0.6) is 0 Å². The number of anilines is 1. The van der Waals surface area contributed by atoms with Crippen LogP contribution in [0.4, 0.5) is 5.82 Å². The minimum atomic E-state index is -0.269. The third kappa shape index (κ3) is 1.49. The van der Waals surface area contributed by atoms with E-state index < -0.39 is 0 Å². The third-order valence-electron chi connectivity index (χ3n) is 3.96. The molecule has 4 rings (SSSR count). The number of carbonyl (C=O) groups excluding carboxylic acids is 2. The number of pyridine rings is 1. The quantitative estimate of drug-likeness (QED) is 0.717. The topological polar surface area (TPSA) is 88.1 Å². The molecular formula is C13H11N5O2. The van der Waals surface area contributed by atoms with Crippen molar-refractivity contribution in [3.63, 3.8) is 0 Å². The molecule has 7 heteroatoms. The molecule has 0 saturated carbocycles. The summed E-state index contributed by atoms with van der Waals surface area (Å²) >= 11 is 0. The number of hydrogen-bond acceptors (Lipinski definition) is 6. The molecular weight excluding hydrogens is 258 g/mol. The van der Waals surface area contributed by atoms with E-state index >= 15 is 0 Å². The van der Waals surface area contributed by atoms with E-state index in [4.69, 9.17) is 0 Å². The van der Waals surface area contributed by atoms with Crippen LogP contribution in [0, 0.1) is 11.8 Å². The Bertz CT molecular complexity index is 704. The predicted molar refractivity (Wildman–Crippen MR) is 69.7 cm³/mol. The fourth-order valence-corrected chi connectivity index (χ4v) is 2.96. The average Bonchev–Trinajstić information content (AvgIpc) is 3.01. The van der Waals surface area contributed by atoms with Gasteiger partial charge in [0.05, 0.1) is 23.5 Å². The zero-order valence-electron chi connectivity index (χ0n) is 10.5. The molecule has 2 aliphatic heterocycles. The summed E-state index contributed by atoms with van der Waals surface area (Å²) in [5, 5.41) is 3.27. The molecule has 2 atom stereocenters. The summed E-state index contributed by atoms with van der Waals surface area (Å²) in [5.74, 6) is -0.138. The van der Waals surface area contributed by atoms with E-state index in [2.05, 4.69) is 20.3 Å². The van der Waals surface area contributed by atoms with Gasteiger partial charge in [-0.3, -0.25) is 19.9 Å². The minimum absolute atomic E-state index is 0.178. The molecule has 2 fully saturated rings. The van der Waals surface area contributed by atoms with Crippen molar-refractivity contribution in [2.24, 2.45) is 11.8 Å². The number of nitrogens with zero attached hydrogens (tertiary/aromatic N) is 4. The molecule has 2 amide bonds. The largest absolute Gasteiger partial charge is 0.354 e. The molecule has 2 aliphatic rings. The van der Waals surface area contributed by atoms with E-state index in [-0.39, 0.29) is 23.7 Å². The van der Waals surface area contributed by atoms with E-state index in [0.717, 1.165) is 16.7 Å². The van der Waals surface area contributed by atoms with Gasteiger partial charge in [-0.1, -0.05) is 0 Å². The van der Waals surface area contributed by atoms with Gasteiger partial charge >= 0.3 is 0 Å². The molecule has 0 spiro atoms. The monoisotopic (exact) mass is 269 g/mol. The highest BCUT2D eigenvalue weighted by Gasteiger charge is 2.48. The highest BCUT2D eigenvalue weighted by molar-refractivity contribution is 6.06. The lowest BCUT2D eigenvalue weighted by molar-refractivity contribution is -0.126. The van der Waals surface area contributed by atoms with Crippen LogP contribution in [0.3, 0.4) is 0 Å². The van der Waals surface area contributed by atoms with Crippen LogP contribution >= 0.6 is 0 Å². The van der Waals surface area contributed by atoms with Gasteiger partial charge in [-0.25, -0.2) is 9.97 Å². The second kappa shape index (κ2) is 3.96. The van der Waals surface area contributed by atoms with Crippen molar-refractivity contribution in [1.29, 1.82) is 0 Å². The fraction of sp³-hybridized carbons (Fsp3) is 0.308. The minimum Gasteiger partial charge on any atom is -0.354 e. The van der Waals surface area contributed by atoms with E-state index in [1.165, 1.54) is 6.33 Å². The van der Waals surface area contributed by atoms with Crippen LogP contribution < -0.4 is 10.2 Å². The number of fused-ring (bicyclic) bond motifs is 2. The molecule has 20 heavy (non-hydrogen) atoms. The molecule has 2 aromatic rings. The zero-order chi connectivity index (χ0) is 13.7. The van der Waals surface area contributed by atoms with Gasteiger partial charge in [-0.15, -0.1) is 0 Å². The van der Waals surface area contributed by atoms with Crippen LogP contribution in [-0.4, -0.2) is 39.9 Å². The number of carbonyl (C=O) groups is 2. The van der Waals surface area contributed by atoms with Crippen LogP contribution in [0.25, 0.3) is 10.9 Å². The Kier molecular flexibility index (Phi) is 2.23. The molecule has 4 heterocycles. The lowest BCUT2D eigenvalue weighted by Crippen LogP contribution is -2.31. The maximum atomic E-state index is 11.7. The first kappa shape index (κ1) is 11.3. The summed E-state index contributed by atoms with van der Waals surface area (Å²) in [5.41, 5.74) is 0.755. The molecule has 2 unspecified atom stereocenters. The summed E-state index contributed by atoms with van der Waals surface area (Å²) < 4.78 is 0. The van der Waals surface area contributed by atoms with Crippen LogP contribution in [0.2, 0.25) is 0 Å². The summed E-state index contributed by atoms with van der Waals surface area (Å²) in [7, 11) is 0. The maximum Gasteiger partial charge on any atom is 0.232 e. The van der Waals surface area contributed by atoms with E-state index in [9.17, 15) is 9.59 Å². The molecule has 100 valence electrons. The van der Waals surface area contributed by atoms with E-state index in [0.29, 0.717) is 13.1 Å². The first-order chi connectivity index (χ1) is 9.74. The Hall–Kier alpha value is -2.57. The Morgan fingerprint density at radius 3 is 2.65 bits per heavy atom. The van der Waals surface area contributed by atoms with Gasteiger partial charge < -0.3 is 4.90 Å². The third-order valence-corrected chi connectivity index (χ3v) is 3.96. The molecule has 0 bridgehead atoms. The molecule has 0 aromatic carbocycles. The summed E-state index contributed by atoms with van der Waals surface area (Å²) in [6, 6.07) is 1.85. The van der Waals surface area contributed by atoms with Gasteiger partial charge in [0.2, 0.25) is 11.8 Å². The van der Waals surface area contributed by atoms with Crippen molar-refractivity contribution in [1.82, 2.24) is 20.3 Å². The lowest BCUT2D eigenvalue weighted by Gasteiger charge is -2.19. The van der Waals surface area contributed by atoms with Crippen LogP contribution in [0.1, 0.15) is 0 Å². The SMILES string of the molecule is O=C1NC(=O)C2CN(c3ncnc4cnccc34)CC12. The van der Waals surface area contributed by atoms with Gasteiger partial charge in [-0.2, -0.15) is 0 Å². The summed E-state index contributed by atoms with van der Waals surface area (Å²) in [6.45, 7) is 1.02. The first-order valence-electron chi connectivity index (χ1n) is 6.38. The van der Waals surface area contributed by atoms with Gasteiger partial charge in [0.1, 0.15) is 12.1 Å². The second-order valence-electron chi connectivity index (χ2n) is 5.06. The van der Waals surface area contributed by atoms with Gasteiger partial charge in [0.15, 0.2) is 0 Å². The highest BCUT2D eigenvalue weighted by Crippen LogP contribution is 2.33. The number of rotatable bonds is 1. The molecule has 0 aliphatic carbocycles. The van der Waals surface area contributed by atoms with E-state index in [1.54, 1.807) is 12.4 Å². The number of hydrogen-bond donors (Lipinski definition) is 1. The van der Waals surface area contributed by atoms with Gasteiger partial charge in [-0.05, 0) is 6.07 Å². The van der Waals surface area contributed by atoms with E-state index in [1.807, 2.05) is 11.0 Å². The number of amides is 2. The van der Waals surface area contributed by atoms with Crippen molar-refractivity contribution >= 4 is 28.5 Å². The second-order valence-corrected chi connectivity index (χ2v) is 5.06. The molecule has 7 nitrogen and oxygen atoms in total. The van der Waals surface area contributed by atoms with Crippen molar-refractivity contribution in [2.75, 3.05) is 18.0 Å². The van der Waals surface area contributed by atoms with Crippen LogP contribution in [0.15, 0.2) is 24.8 Å². The van der Waals surface area contributed by atoms with Crippen molar-refractivity contribution < 1.29 is 9.59 Å². The average molecular weight is 269 g/mol. The Balaban J connectivity index is 1.75. The lowest BCUT2D eigenvalue weighted by atomic mass is 10.00. The normalized spacial score (nSPS) is 25.1. The zero-order valence-corrected chi connectivity index (χ0v) is 10.5. The molecule has 1 N–H and O–H groups in total. The Morgan fingerprint density at radius 1 is 1.15 bits per heavy atom. The first-order valence-corrected chi connectivity index (χ1v) is 6.38. The molecule has 2 saturated heterocycles. The van der Waals surface area contributed by atoms with Crippen molar-refractivity contribution in [3.05, 3.63) is 24.8 Å². The molecule has 2 aromatic heterocycles. The Labute approximate surface area is 114 Å². The predicted octanol–water partition coefficient (Wildman–Crippen LogP) is -0.266. The molecule has 0 radical (unpaired) electrons. The highest BCUT2D eigenvalue weighted by atomic mass is 16.2. The number of imide groups is 1. The summed E-state index contributed by atoms with van der Waals surface area (Å²) in [4.78, 5) is 37.9. The fourth-order valence-electron chi connectivity index (χ4n) is 2.96. The smallest absolute Gasteiger partial charge is 0.232 e. The van der Waals surface area contributed by atoms with Crippen molar-refractivity contribution in [2.45, 2.75) is 0 Å². The maximum absolute atomic E-state index is 11.7. The van der Waals surface area contributed by atoms with Gasteiger partial charge in [0.25, 0.3) is 0 Å².